The second kappa shape index (κ2) is 7.32. The Bertz CT molecular complexity index is 450. The van der Waals surface area contributed by atoms with Crippen molar-refractivity contribution in [2.45, 2.75) is 19.4 Å². The van der Waals surface area contributed by atoms with Gasteiger partial charge in [0.05, 0.1) is 30.1 Å². The largest absolute Gasteiger partial charge is 0.478 e. The molecule has 1 aromatic heterocycles. The van der Waals surface area contributed by atoms with Crippen LogP contribution in [-0.2, 0) is 4.74 Å². The minimum Gasteiger partial charge on any atom is -0.478 e. The number of rotatable bonds is 6. The predicted molar refractivity (Wildman–Crippen MR) is 69.3 cm³/mol. The van der Waals surface area contributed by atoms with Gasteiger partial charge in [0.25, 0.3) is 0 Å². The summed E-state index contributed by atoms with van der Waals surface area (Å²) in [7, 11) is 1.56. The number of hydrogen-bond donors (Lipinski definition) is 3. The molecule has 104 valence electrons. The molecule has 1 unspecified atom stereocenters. The molecule has 0 aliphatic heterocycles. The molecule has 3 N–H and O–H groups in total. The van der Waals surface area contributed by atoms with Crippen LogP contribution < -0.4 is 10.6 Å². The highest BCUT2D eigenvalue weighted by atomic mass is 16.5. The molecule has 0 bridgehead atoms. The second-order valence-corrected chi connectivity index (χ2v) is 3.93. The minimum atomic E-state index is -1.10. The van der Waals surface area contributed by atoms with Crippen LogP contribution in [0.2, 0.25) is 0 Å². The first-order valence-corrected chi connectivity index (χ1v) is 5.81. The molecule has 1 atom stereocenters. The van der Waals surface area contributed by atoms with E-state index in [4.69, 9.17) is 9.84 Å². The maximum absolute atomic E-state index is 11.7. The molecule has 19 heavy (non-hydrogen) atoms. The van der Waals surface area contributed by atoms with E-state index in [9.17, 15) is 9.59 Å². The molecule has 1 heterocycles. The normalized spacial score (nSPS) is 11.7. The highest BCUT2D eigenvalue weighted by Gasteiger charge is 2.11. The number of hydrogen-bond acceptors (Lipinski definition) is 4. The van der Waals surface area contributed by atoms with Crippen LogP contribution in [0.5, 0.6) is 0 Å². The highest BCUT2D eigenvalue weighted by Crippen LogP contribution is 2.08. The monoisotopic (exact) mass is 267 g/mol. The number of nitrogens with one attached hydrogen (secondary N) is 2. The van der Waals surface area contributed by atoms with Crippen molar-refractivity contribution in [2.75, 3.05) is 19.0 Å². The van der Waals surface area contributed by atoms with Gasteiger partial charge in [-0.1, -0.05) is 6.92 Å². The molecule has 7 nitrogen and oxygen atoms in total. The van der Waals surface area contributed by atoms with Crippen LogP contribution >= 0.6 is 0 Å². The van der Waals surface area contributed by atoms with Crippen molar-refractivity contribution in [3.8, 4) is 0 Å². The van der Waals surface area contributed by atoms with Gasteiger partial charge in [0, 0.05) is 13.3 Å². The third-order valence-electron chi connectivity index (χ3n) is 2.44. The summed E-state index contributed by atoms with van der Waals surface area (Å²) in [4.78, 5) is 26.2. The number of amides is 2. The van der Waals surface area contributed by atoms with Crippen LogP contribution in [0.4, 0.5) is 10.5 Å². The molecule has 7 heteroatoms. The predicted octanol–water partition coefficient (Wildman–Crippen LogP) is 1.33. The summed E-state index contributed by atoms with van der Waals surface area (Å²) in [5.74, 6) is -1.10. The van der Waals surface area contributed by atoms with Crippen molar-refractivity contribution in [1.29, 1.82) is 0 Å². The fraction of sp³-hybridized carbons (Fsp3) is 0.417. The lowest BCUT2D eigenvalue weighted by Crippen LogP contribution is -2.40. The van der Waals surface area contributed by atoms with E-state index in [-0.39, 0.29) is 11.6 Å². The Morgan fingerprint density at radius 3 is 2.79 bits per heavy atom. The fourth-order valence-electron chi connectivity index (χ4n) is 1.44. The Kier molecular flexibility index (Phi) is 5.74. The second-order valence-electron chi connectivity index (χ2n) is 3.93. The van der Waals surface area contributed by atoms with Gasteiger partial charge >= 0.3 is 12.0 Å². The number of carboxylic acids is 1. The molecule has 1 aromatic rings. The van der Waals surface area contributed by atoms with Gasteiger partial charge in [0.15, 0.2) is 0 Å². The van der Waals surface area contributed by atoms with Gasteiger partial charge < -0.3 is 20.5 Å². The summed E-state index contributed by atoms with van der Waals surface area (Å²) >= 11 is 0. The third-order valence-corrected chi connectivity index (χ3v) is 2.44. The van der Waals surface area contributed by atoms with Crippen LogP contribution in [0.1, 0.15) is 23.7 Å². The van der Waals surface area contributed by atoms with E-state index in [2.05, 4.69) is 15.6 Å². The van der Waals surface area contributed by atoms with E-state index in [0.29, 0.717) is 12.3 Å². The highest BCUT2D eigenvalue weighted by molar-refractivity contribution is 5.92. The van der Waals surface area contributed by atoms with Gasteiger partial charge in [-0.3, -0.25) is 4.98 Å². The molecule has 0 saturated carbocycles. The first kappa shape index (κ1) is 14.9. The summed E-state index contributed by atoms with van der Waals surface area (Å²) in [6.07, 6.45) is 3.32. The van der Waals surface area contributed by atoms with Crippen molar-refractivity contribution in [2.24, 2.45) is 0 Å². The summed E-state index contributed by atoms with van der Waals surface area (Å²) in [5, 5.41) is 14.1. The van der Waals surface area contributed by atoms with Crippen molar-refractivity contribution < 1.29 is 19.4 Å². The lowest BCUT2D eigenvalue weighted by atomic mass is 10.2. The SMILES string of the molecule is CCC(COC)NC(=O)Nc1cncc(C(=O)O)c1. The lowest BCUT2D eigenvalue weighted by Gasteiger charge is -2.16. The Labute approximate surface area is 111 Å². The Balaban J connectivity index is 2.61. The van der Waals surface area contributed by atoms with E-state index < -0.39 is 12.0 Å². The van der Waals surface area contributed by atoms with Gasteiger partial charge in [0.2, 0.25) is 0 Å². The molecule has 1 rings (SSSR count). The smallest absolute Gasteiger partial charge is 0.337 e. The first-order chi connectivity index (χ1) is 9.06. The lowest BCUT2D eigenvalue weighted by molar-refractivity contribution is 0.0696. The molecular weight excluding hydrogens is 250 g/mol. The number of carboxylic acid groups (broad SMARTS) is 1. The molecule has 0 spiro atoms. The van der Waals surface area contributed by atoms with E-state index in [1.54, 1.807) is 7.11 Å². The number of anilines is 1. The Morgan fingerprint density at radius 1 is 1.47 bits per heavy atom. The van der Waals surface area contributed by atoms with Crippen LogP contribution in [0.3, 0.4) is 0 Å². The van der Waals surface area contributed by atoms with Crippen molar-refractivity contribution in [3.63, 3.8) is 0 Å². The molecule has 0 aliphatic carbocycles. The quantitative estimate of drug-likeness (QED) is 0.721. The molecular formula is C12H17N3O4. The van der Waals surface area contributed by atoms with E-state index in [0.717, 1.165) is 6.42 Å². The fourth-order valence-corrected chi connectivity index (χ4v) is 1.44. The minimum absolute atomic E-state index is 0.0155. The standard InChI is InChI=1S/C12H17N3O4/c1-3-9(7-19-2)14-12(18)15-10-4-8(11(16)17)5-13-6-10/h4-6,9H,3,7H2,1-2H3,(H,16,17)(H2,14,15,18). The van der Waals surface area contributed by atoms with Gasteiger partial charge in [0.1, 0.15) is 0 Å². The van der Waals surface area contributed by atoms with Crippen molar-refractivity contribution in [3.05, 3.63) is 24.0 Å². The number of aromatic nitrogens is 1. The summed E-state index contributed by atoms with van der Waals surface area (Å²) in [6, 6.07) is 0.820. The van der Waals surface area contributed by atoms with Crippen LogP contribution in [-0.4, -0.2) is 41.8 Å². The zero-order valence-corrected chi connectivity index (χ0v) is 10.8. The van der Waals surface area contributed by atoms with Gasteiger partial charge in [-0.2, -0.15) is 0 Å². The topological polar surface area (TPSA) is 101 Å². The van der Waals surface area contributed by atoms with Crippen molar-refractivity contribution in [1.82, 2.24) is 10.3 Å². The van der Waals surface area contributed by atoms with E-state index in [1.807, 2.05) is 6.92 Å². The zero-order chi connectivity index (χ0) is 14.3. The van der Waals surface area contributed by atoms with Crippen molar-refractivity contribution >= 4 is 17.7 Å². The number of carbonyl (C=O) groups is 2. The molecule has 2 amide bonds. The van der Waals surface area contributed by atoms with Crippen LogP contribution in [0.15, 0.2) is 18.5 Å². The number of aromatic carboxylic acids is 1. The molecule has 0 radical (unpaired) electrons. The van der Waals surface area contributed by atoms with Crippen LogP contribution in [0, 0.1) is 0 Å². The summed E-state index contributed by atoms with van der Waals surface area (Å²) < 4.78 is 4.96. The average Bonchev–Trinajstić information content (AvgIpc) is 2.38. The van der Waals surface area contributed by atoms with Crippen LogP contribution in [0.25, 0.3) is 0 Å². The maximum atomic E-state index is 11.7. The molecule has 0 fully saturated rings. The molecule has 0 saturated heterocycles. The van der Waals surface area contributed by atoms with E-state index >= 15 is 0 Å². The first-order valence-electron chi connectivity index (χ1n) is 5.81. The Hall–Kier alpha value is -2.15. The van der Waals surface area contributed by atoms with Gasteiger partial charge in [-0.25, -0.2) is 9.59 Å². The zero-order valence-electron chi connectivity index (χ0n) is 10.8. The van der Waals surface area contributed by atoms with E-state index in [1.165, 1.54) is 18.5 Å². The summed E-state index contributed by atoms with van der Waals surface area (Å²) in [6.45, 7) is 2.34. The maximum Gasteiger partial charge on any atom is 0.337 e. The number of urea groups is 1. The summed E-state index contributed by atoms with van der Waals surface area (Å²) in [5.41, 5.74) is 0.339. The van der Waals surface area contributed by atoms with Gasteiger partial charge in [-0.05, 0) is 12.5 Å². The number of carbonyl (C=O) groups excluding carboxylic acids is 1. The third kappa shape index (κ3) is 4.92. The Morgan fingerprint density at radius 2 is 2.21 bits per heavy atom. The number of pyridine rings is 1. The van der Waals surface area contributed by atoms with Gasteiger partial charge in [-0.15, -0.1) is 0 Å². The molecule has 0 aromatic carbocycles. The number of nitrogens with zero attached hydrogens (tertiary/aromatic N) is 1. The number of ether oxygens (including phenoxy) is 1. The average molecular weight is 267 g/mol. The molecule has 0 aliphatic rings. The number of methoxy groups -OCH3 is 1.